The zero-order chi connectivity index (χ0) is 23.0. The molecule has 3 heterocycles. The van der Waals surface area contributed by atoms with Crippen LogP contribution in [0.1, 0.15) is 32.6 Å². The highest BCUT2D eigenvalue weighted by atomic mass is 32.2. The van der Waals surface area contributed by atoms with E-state index in [0.717, 1.165) is 43.4 Å². The molecule has 2 aliphatic heterocycles. The number of hydrogen-bond donors (Lipinski definition) is 1. The van der Waals surface area contributed by atoms with Crippen LogP contribution in [-0.4, -0.2) is 59.7 Å². The molecule has 1 N–H and O–H groups in total. The number of imidazole rings is 1. The van der Waals surface area contributed by atoms with Crippen molar-refractivity contribution in [2.75, 3.05) is 26.2 Å². The number of nitrogens with one attached hydrogen (secondary N) is 1. The third-order valence-corrected chi connectivity index (χ3v) is 8.83. The number of sulfonamides is 1. The summed E-state index contributed by atoms with van der Waals surface area (Å²) >= 11 is 0. The Hall–Kier alpha value is -2.71. The molecule has 2 saturated heterocycles. The van der Waals surface area contributed by atoms with Crippen LogP contribution in [0.2, 0.25) is 0 Å². The number of rotatable bonds is 4. The van der Waals surface area contributed by atoms with Crippen molar-refractivity contribution >= 4 is 27.0 Å². The van der Waals surface area contributed by atoms with Gasteiger partial charge in [0.2, 0.25) is 15.9 Å². The van der Waals surface area contributed by atoms with E-state index >= 15 is 0 Å². The van der Waals surface area contributed by atoms with Crippen molar-refractivity contribution in [3.63, 3.8) is 0 Å². The van der Waals surface area contributed by atoms with Crippen molar-refractivity contribution in [2.24, 2.45) is 11.8 Å². The SMILES string of the molecule is CC1CCN(C(=O)[C@H]2CCCN(S(=O)(=O)c3ccc4nc(-c5ccccc5)[nH]c4c3)C2)CC1. The van der Waals surface area contributed by atoms with Gasteiger partial charge in [-0.3, -0.25) is 4.79 Å². The van der Waals surface area contributed by atoms with E-state index in [9.17, 15) is 13.2 Å². The second-order valence-electron chi connectivity index (χ2n) is 9.34. The number of aromatic amines is 1. The molecule has 33 heavy (non-hydrogen) atoms. The Kier molecular flexibility index (Phi) is 5.97. The minimum atomic E-state index is -3.70. The predicted octanol–water partition coefficient (Wildman–Crippen LogP) is 3.89. The standard InChI is InChI=1S/C25H30N4O3S/c1-18-11-14-28(15-12-18)25(30)20-8-5-13-29(17-20)33(31,32)21-9-10-22-23(16-21)27-24(26-22)19-6-3-2-4-7-19/h2-4,6-7,9-10,16,18,20H,5,8,11-15,17H2,1H3,(H,26,27)/t20-/m0/s1. The summed E-state index contributed by atoms with van der Waals surface area (Å²) in [5.74, 6) is 1.21. The van der Waals surface area contributed by atoms with Crippen LogP contribution in [0.4, 0.5) is 0 Å². The van der Waals surface area contributed by atoms with E-state index in [-0.39, 0.29) is 23.3 Å². The van der Waals surface area contributed by atoms with E-state index in [1.165, 1.54) is 4.31 Å². The van der Waals surface area contributed by atoms with E-state index in [4.69, 9.17) is 0 Å². The number of aromatic nitrogens is 2. The molecule has 1 amide bonds. The van der Waals surface area contributed by atoms with Crippen molar-refractivity contribution in [1.82, 2.24) is 19.2 Å². The minimum absolute atomic E-state index is 0.110. The summed E-state index contributed by atoms with van der Waals surface area (Å²) in [5.41, 5.74) is 2.35. The van der Waals surface area contributed by atoms with Gasteiger partial charge in [-0.2, -0.15) is 4.31 Å². The van der Waals surface area contributed by atoms with Crippen LogP contribution in [0, 0.1) is 11.8 Å². The van der Waals surface area contributed by atoms with E-state index in [1.54, 1.807) is 18.2 Å². The molecule has 2 aliphatic rings. The zero-order valence-electron chi connectivity index (χ0n) is 18.9. The number of benzene rings is 2. The molecule has 3 aromatic rings. The predicted molar refractivity (Wildman–Crippen MR) is 128 cm³/mol. The second-order valence-corrected chi connectivity index (χ2v) is 11.3. The Bertz CT molecular complexity index is 1250. The van der Waals surface area contributed by atoms with E-state index in [2.05, 4.69) is 16.9 Å². The number of amides is 1. The fourth-order valence-electron chi connectivity index (χ4n) is 4.88. The van der Waals surface area contributed by atoms with Crippen LogP contribution in [0.15, 0.2) is 53.4 Å². The van der Waals surface area contributed by atoms with Gasteiger partial charge in [-0.25, -0.2) is 13.4 Å². The molecule has 1 atom stereocenters. The highest BCUT2D eigenvalue weighted by Crippen LogP contribution is 2.29. The average Bonchev–Trinajstić information content (AvgIpc) is 3.28. The van der Waals surface area contributed by atoms with Gasteiger partial charge in [-0.15, -0.1) is 0 Å². The molecular formula is C25H30N4O3S. The largest absolute Gasteiger partial charge is 0.342 e. The first-order chi connectivity index (χ1) is 15.9. The molecule has 7 nitrogen and oxygen atoms in total. The third kappa shape index (κ3) is 4.42. The van der Waals surface area contributed by atoms with Gasteiger partial charge < -0.3 is 9.88 Å². The molecule has 0 saturated carbocycles. The normalized spacial score (nSPS) is 20.9. The van der Waals surface area contributed by atoms with Crippen molar-refractivity contribution in [3.05, 3.63) is 48.5 Å². The molecule has 0 unspecified atom stereocenters. The van der Waals surface area contributed by atoms with Gasteiger partial charge in [-0.05, 0) is 49.8 Å². The van der Waals surface area contributed by atoms with Gasteiger partial charge in [0.15, 0.2) is 0 Å². The molecule has 0 spiro atoms. The molecule has 5 rings (SSSR count). The zero-order valence-corrected chi connectivity index (χ0v) is 19.7. The van der Waals surface area contributed by atoms with Crippen LogP contribution >= 0.6 is 0 Å². The number of carbonyl (C=O) groups is 1. The van der Waals surface area contributed by atoms with E-state index in [0.29, 0.717) is 30.2 Å². The van der Waals surface area contributed by atoms with Crippen molar-refractivity contribution in [3.8, 4) is 11.4 Å². The van der Waals surface area contributed by atoms with Crippen LogP contribution in [0.5, 0.6) is 0 Å². The summed E-state index contributed by atoms with van der Waals surface area (Å²) in [5, 5.41) is 0. The first kappa shape index (κ1) is 22.1. The summed E-state index contributed by atoms with van der Waals surface area (Å²) in [4.78, 5) is 23.1. The summed E-state index contributed by atoms with van der Waals surface area (Å²) in [6, 6.07) is 14.8. The maximum atomic E-state index is 13.5. The van der Waals surface area contributed by atoms with Crippen LogP contribution in [0.3, 0.4) is 0 Å². The Morgan fingerprint density at radius 2 is 1.79 bits per heavy atom. The van der Waals surface area contributed by atoms with Crippen LogP contribution in [0.25, 0.3) is 22.4 Å². The molecule has 0 bridgehead atoms. The monoisotopic (exact) mass is 466 g/mol. The lowest BCUT2D eigenvalue weighted by molar-refractivity contribution is -0.138. The van der Waals surface area contributed by atoms with Gasteiger partial charge in [0.1, 0.15) is 5.82 Å². The van der Waals surface area contributed by atoms with Crippen molar-refractivity contribution < 1.29 is 13.2 Å². The van der Waals surface area contributed by atoms with Crippen LogP contribution < -0.4 is 0 Å². The summed E-state index contributed by atoms with van der Waals surface area (Å²) in [7, 11) is -3.70. The van der Waals surface area contributed by atoms with E-state index < -0.39 is 10.0 Å². The topological polar surface area (TPSA) is 86.4 Å². The number of fused-ring (bicyclic) bond motifs is 1. The Labute approximate surface area is 194 Å². The minimum Gasteiger partial charge on any atom is -0.342 e. The smallest absolute Gasteiger partial charge is 0.243 e. The number of likely N-dealkylation sites (tertiary alicyclic amines) is 1. The fourth-order valence-corrected chi connectivity index (χ4v) is 6.43. The highest BCUT2D eigenvalue weighted by Gasteiger charge is 2.36. The molecule has 1 aromatic heterocycles. The highest BCUT2D eigenvalue weighted by molar-refractivity contribution is 7.89. The third-order valence-electron chi connectivity index (χ3n) is 6.97. The van der Waals surface area contributed by atoms with Crippen LogP contribution in [-0.2, 0) is 14.8 Å². The number of piperidine rings is 2. The second kappa shape index (κ2) is 8.91. The number of hydrogen-bond acceptors (Lipinski definition) is 4. The van der Waals surface area contributed by atoms with Gasteiger partial charge in [0, 0.05) is 31.7 Å². The number of nitrogens with zero attached hydrogens (tertiary/aromatic N) is 3. The Morgan fingerprint density at radius 1 is 1.03 bits per heavy atom. The lowest BCUT2D eigenvalue weighted by Gasteiger charge is -2.36. The van der Waals surface area contributed by atoms with Gasteiger partial charge in [0.25, 0.3) is 0 Å². The Balaban J connectivity index is 1.35. The number of carbonyl (C=O) groups excluding carboxylic acids is 1. The van der Waals surface area contributed by atoms with Crippen molar-refractivity contribution in [2.45, 2.75) is 37.5 Å². The quantitative estimate of drug-likeness (QED) is 0.632. The molecule has 2 fully saturated rings. The molecular weight excluding hydrogens is 436 g/mol. The fraction of sp³-hybridized carbons (Fsp3) is 0.440. The van der Waals surface area contributed by atoms with Gasteiger partial charge in [0.05, 0.1) is 21.8 Å². The Morgan fingerprint density at radius 3 is 2.55 bits per heavy atom. The molecule has 2 aromatic carbocycles. The molecule has 0 radical (unpaired) electrons. The lowest BCUT2D eigenvalue weighted by atomic mass is 9.94. The van der Waals surface area contributed by atoms with Crippen molar-refractivity contribution in [1.29, 1.82) is 0 Å². The maximum absolute atomic E-state index is 13.5. The molecule has 8 heteroatoms. The number of H-pyrrole nitrogens is 1. The maximum Gasteiger partial charge on any atom is 0.243 e. The first-order valence-electron chi connectivity index (χ1n) is 11.8. The summed E-state index contributed by atoms with van der Waals surface area (Å²) in [6.07, 6.45) is 3.49. The lowest BCUT2D eigenvalue weighted by Crippen LogP contribution is -2.48. The molecule has 0 aliphatic carbocycles. The first-order valence-corrected chi connectivity index (χ1v) is 13.2. The molecule has 174 valence electrons. The summed E-state index contributed by atoms with van der Waals surface area (Å²) < 4.78 is 28.4. The van der Waals surface area contributed by atoms with Gasteiger partial charge >= 0.3 is 0 Å². The summed E-state index contributed by atoms with van der Waals surface area (Å²) in [6.45, 7) is 4.48. The van der Waals surface area contributed by atoms with E-state index in [1.807, 2.05) is 35.2 Å². The average molecular weight is 467 g/mol. The van der Waals surface area contributed by atoms with Gasteiger partial charge in [-0.1, -0.05) is 37.3 Å².